The number of hydrogen-bond acceptors (Lipinski definition) is 1. The van der Waals surface area contributed by atoms with Crippen LogP contribution in [0, 0.1) is 22.5 Å². The second-order valence-electron chi connectivity index (χ2n) is 6.54. The molecule has 4 unspecified atom stereocenters. The van der Waals surface area contributed by atoms with Crippen molar-refractivity contribution in [2.24, 2.45) is 17.8 Å². The third kappa shape index (κ3) is 1.92. The molecule has 2 aromatic rings. The summed E-state index contributed by atoms with van der Waals surface area (Å²) in [4.78, 5) is 3.36. The van der Waals surface area contributed by atoms with Gasteiger partial charge in [-0.25, -0.2) is 0 Å². The molecule has 0 radical (unpaired) electrons. The minimum atomic E-state index is 0.507. The average Bonchev–Trinajstić information content (AvgIpc) is 3.10. The van der Waals surface area contributed by atoms with Crippen LogP contribution in [0.2, 0.25) is 0 Å². The summed E-state index contributed by atoms with van der Waals surface area (Å²) in [5.41, 5.74) is 2.38. The quantitative estimate of drug-likeness (QED) is 0.713. The fourth-order valence-electron chi connectivity index (χ4n) is 4.58. The van der Waals surface area contributed by atoms with Crippen LogP contribution in [-0.4, -0.2) is 9.55 Å². The van der Waals surface area contributed by atoms with Gasteiger partial charge in [-0.2, -0.15) is 0 Å². The number of halogens is 1. The number of H-pyrrole nitrogens is 1. The number of fused-ring (bicyclic) bond motifs is 3. The summed E-state index contributed by atoms with van der Waals surface area (Å²) in [6, 6.07) is 6.91. The van der Waals surface area contributed by atoms with E-state index < -0.39 is 0 Å². The molecule has 0 saturated heterocycles. The Morgan fingerprint density at radius 3 is 2.90 bits per heavy atom. The fraction of sp³-hybridized carbons (Fsp3) is 0.562. The molecular formula is C16H19BrN2S. The first-order valence-corrected chi connectivity index (χ1v) is 8.73. The minimum absolute atomic E-state index is 0.507. The summed E-state index contributed by atoms with van der Waals surface area (Å²) in [7, 11) is 0. The number of aromatic nitrogens is 2. The lowest BCUT2D eigenvalue weighted by molar-refractivity contribution is 0.245. The van der Waals surface area contributed by atoms with Crippen molar-refractivity contribution in [2.75, 3.05) is 0 Å². The smallest absolute Gasteiger partial charge is 0.178 e. The van der Waals surface area contributed by atoms with Crippen LogP contribution in [0.25, 0.3) is 11.0 Å². The maximum absolute atomic E-state index is 5.59. The first-order valence-electron chi connectivity index (χ1n) is 7.53. The van der Waals surface area contributed by atoms with Crippen molar-refractivity contribution < 1.29 is 0 Å². The van der Waals surface area contributed by atoms with E-state index in [1.165, 1.54) is 31.2 Å². The maximum atomic E-state index is 5.59. The Morgan fingerprint density at radius 1 is 1.35 bits per heavy atom. The topological polar surface area (TPSA) is 20.7 Å². The standard InChI is InChI=1S/C16H19BrN2S/c1-9(13-7-10-2-3-11(13)6-10)19-15-5-4-12(17)8-14(15)18-16(19)20/h4-5,8-11,13H,2-3,6-7H2,1H3,(H,18,20). The third-order valence-corrected chi connectivity index (χ3v) is 6.29. The van der Waals surface area contributed by atoms with Crippen LogP contribution in [0.3, 0.4) is 0 Å². The molecule has 1 aromatic carbocycles. The van der Waals surface area contributed by atoms with Gasteiger partial charge in [-0.05, 0) is 74.4 Å². The van der Waals surface area contributed by atoms with E-state index in [-0.39, 0.29) is 0 Å². The average molecular weight is 351 g/mol. The molecule has 2 saturated carbocycles. The predicted molar refractivity (Wildman–Crippen MR) is 88.5 cm³/mol. The van der Waals surface area contributed by atoms with Crippen LogP contribution >= 0.6 is 28.1 Å². The van der Waals surface area contributed by atoms with Gasteiger partial charge in [0, 0.05) is 10.5 Å². The molecule has 1 N–H and O–H groups in total. The van der Waals surface area contributed by atoms with Gasteiger partial charge in [-0.3, -0.25) is 0 Å². The Bertz CT molecular complexity index is 717. The second-order valence-corrected chi connectivity index (χ2v) is 7.84. The number of imidazole rings is 1. The number of aromatic amines is 1. The molecule has 0 amide bonds. The maximum Gasteiger partial charge on any atom is 0.178 e. The molecule has 4 atom stereocenters. The second kappa shape index (κ2) is 4.70. The van der Waals surface area contributed by atoms with Gasteiger partial charge in [0.1, 0.15) is 0 Å². The zero-order chi connectivity index (χ0) is 13.9. The molecule has 2 fully saturated rings. The van der Waals surface area contributed by atoms with Gasteiger partial charge >= 0.3 is 0 Å². The van der Waals surface area contributed by atoms with E-state index in [2.05, 4.69) is 50.6 Å². The highest BCUT2D eigenvalue weighted by atomic mass is 79.9. The van der Waals surface area contributed by atoms with Crippen molar-refractivity contribution in [2.45, 2.75) is 38.6 Å². The normalized spacial score (nSPS) is 30.2. The Morgan fingerprint density at radius 2 is 2.20 bits per heavy atom. The zero-order valence-electron chi connectivity index (χ0n) is 11.6. The van der Waals surface area contributed by atoms with Crippen LogP contribution < -0.4 is 0 Å². The summed E-state index contributed by atoms with van der Waals surface area (Å²) in [5.74, 6) is 2.72. The first-order chi connectivity index (χ1) is 9.63. The van der Waals surface area contributed by atoms with E-state index in [0.717, 1.165) is 32.5 Å². The Balaban J connectivity index is 1.78. The summed E-state index contributed by atoms with van der Waals surface area (Å²) >= 11 is 9.12. The SMILES string of the molecule is CC(C1CC2CCC1C2)n1c(=S)[nH]c2cc(Br)ccc21. The van der Waals surface area contributed by atoms with Gasteiger partial charge in [-0.15, -0.1) is 0 Å². The van der Waals surface area contributed by atoms with Gasteiger partial charge in [-0.1, -0.05) is 22.4 Å². The minimum Gasteiger partial charge on any atom is -0.331 e. The monoisotopic (exact) mass is 350 g/mol. The highest BCUT2D eigenvalue weighted by Crippen LogP contribution is 2.52. The number of hydrogen-bond donors (Lipinski definition) is 1. The van der Waals surface area contributed by atoms with Gasteiger partial charge in [0.2, 0.25) is 0 Å². The van der Waals surface area contributed by atoms with E-state index in [1.54, 1.807) is 0 Å². The Kier molecular flexibility index (Phi) is 3.08. The van der Waals surface area contributed by atoms with E-state index in [4.69, 9.17) is 12.2 Å². The van der Waals surface area contributed by atoms with Gasteiger partial charge in [0.25, 0.3) is 0 Å². The molecule has 0 aliphatic heterocycles. The summed E-state index contributed by atoms with van der Waals surface area (Å²) < 4.78 is 4.32. The fourth-order valence-corrected chi connectivity index (χ4v) is 5.32. The predicted octanol–water partition coefficient (Wildman–Crippen LogP) is 5.46. The molecule has 4 heteroatoms. The molecule has 0 spiro atoms. The summed E-state index contributed by atoms with van der Waals surface area (Å²) in [5, 5.41) is 0. The molecule has 1 aromatic heterocycles. The summed E-state index contributed by atoms with van der Waals surface area (Å²) in [6.45, 7) is 2.36. The highest BCUT2D eigenvalue weighted by Gasteiger charge is 2.42. The van der Waals surface area contributed by atoms with E-state index in [1.807, 2.05) is 0 Å². The molecule has 1 heterocycles. The Labute approximate surface area is 132 Å². The van der Waals surface area contributed by atoms with E-state index in [9.17, 15) is 0 Å². The molecule has 2 nitrogen and oxygen atoms in total. The lowest BCUT2D eigenvalue weighted by atomic mass is 9.84. The molecule has 2 bridgehead atoms. The molecular weight excluding hydrogens is 332 g/mol. The molecule has 2 aliphatic carbocycles. The van der Waals surface area contributed by atoms with Gasteiger partial charge in [0.05, 0.1) is 11.0 Å². The van der Waals surface area contributed by atoms with Crippen LogP contribution in [0.4, 0.5) is 0 Å². The van der Waals surface area contributed by atoms with E-state index >= 15 is 0 Å². The lowest BCUT2D eigenvalue weighted by Crippen LogP contribution is -2.22. The van der Waals surface area contributed by atoms with Crippen LogP contribution in [-0.2, 0) is 0 Å². The number of benzene rings is 1. The van der Waals surface area contributed by atoms with Gasteiger partial charge in [0.15, 0.2) is 4.77 Å². The largest absolute Gasteiger partial charge is 0.331 e. The first kappa shape index (κ1) is 13.1. The number of nitrogens with zero attached hydrogens (tertiary/aromatic N) is 1. The number of rotatable bonds is 2. The van der Waals surface area contributed by atoms with Crippen LogP contribution in [0.15, 0.2) is 22.7 Å². The van der Waals surface area contributed by atoms with Crippen LogP contribution in [0.5, 0.6) is 0 Å². The lowest BCUT2D eigenvalue weighted by Gasteiger charge is -2.29. The number of nitrogens with one attached hydrogen (secondary N) is 1. The van der Waals surface area contributed by atoms with Crippen molar-refractivity contribution in [3.05, 3.63) is 27.4 Å². The summed E-state index contributed by atoms with van der Waals surface area (Å²) in [6.07, 6.45) is 5.74. The van der Waals surface area contributed by atoms with E-state index in [0.29, 0.717) is 6.04 Å². The van der Waals surface area contributed by atoms with Crippen molar-refractivity contribution in [1.82, 2.24) is 9.55 Å². The molecule has 4 rings (SSSR count). The Hall–Kier alpha value is -0.610. The van der Waals surface area contributed by atoms with Crippen molar-refractivity contribution >= 4 is 39.2 Å². The van der Waals surface area contributed by atoms with Gasteiger partial charge < -0.3 is 9.55 Å². The third-order valence-electron chi connectivity index (χ3n) is 5.50. The zero-order valence-corrected chi connectivity index (χ0v) is 14.0. The van der Waals surface area contributed by atoms with Crippen molar-refractivity contribution in [1.29, 1.82) is 0 Å². The highest BCUT2D eigenvalue weighted by molar-refractivity contribution is 9.10. The van der Waals surface area contributed by atoms with Crippen molar-refractivity contribution in [3.8, 4) is 0 Å². The molecule has 106 valence electrons. The van der Waals surface area contributed by atoms with Crippen LogP contribution in [0.1, 0.15) is 38.6 Å². The molecule has 2 aliphatic rings. The molecule has 20 heavy (non-hydrogen) atoms. The van der Waals surface area contributed by atoms with Crippen molar-refractivity contribution in [3.63, 3.8) is 0 Å².